The maximum atomic E-state index is 11.7. The Hall–Kier alpha value is -1.49. The molecule has 4 nitrogen and oxygen atoms in total. The lowest BCUT2D eigenvalue weighted by atomic mass is 10.0. The Morgan fingerprint density at radius 3 is 2.63 bits per heavy atom. The molecule has 2 rings (SSSR count). The molecule has 0 spiro atoms. The van der Waals surface area contributed by atoms with Crippen molar-refractivity contribution in [2.45, 2.75) is 13.5 Å². The van der Waals surface area contributed by atoms with Gasteiger partial charge in [0.2, 0.25) is 0 Å². The second kappa shape index (κ2) is 6.61. The predicted molar refractivity (Wildman–Crippen MR) is 74.8 cm³/mol. The second-order valence-electron chi connectivity index (χ2n) is 4.61. The van der Waals surface area contributed by atoms with Gasteiger partial charge in [-0.1, -0.05) is 42.1 Å². The number of thioether (sulfide) groups is 1. The third kappa shape index (κ3) is 4.28. The van der Waals surface area contributed by atoms with Gasteiger partial charge in [0.05, 0.1) is 0 Å². The third-order valence-electron chi connectivity index (χ3n) is 2.94. The predicted octanol–water partition coefficient (Wildman–Crippen LogP) is 2.53. The molecule has 0 aromatic heterocycles. The highest BCUT2D eigenvalue weighted by Crippen LogP contribution is 2.21. The molecule has 102 valence electrons. The van der Waals surface area contributed by atoms with Gasteiger partial charge in [0.15, 0.2) is 5.12 Å². The number of hydrogen-bond donors (Lipinski definition) is 0. The van der Waals surface area contributed by atoms with Crippen molar-refractivity contribution in [2.75, 3.05) is 18.8 Å². The van der Waals surface area contributed by atoms with E-state index in [4.69, 9.17) is 4.74 Å². The summed E-state index contributed by atoms with van der Waals surface area (Å²) in [7, 11) is 0. The van der Waals surface area contributed by atoms with Gasteiger partial charge in [-0.15, -0.1) is 0 Å². The fraction of sp³-hybridized carbons (Fsp3) is 0.429. The molecule has 1 fully saturated rings. The lowest BCUT2D eigenvalue weighted by Gasteiger charge is -2.37. The van der Waals surface area contributed by atoms with Crippen LogP contribution in [0, 0.1) is 5.92 Å². The van der Waals surface area contributed by atoms with E-state index >= 15 is 0 Å². The van der Waals surface area contributed by atoms with Crippen LogP contribution >= 0.6 is 11.8 Å². The Morgan fingerprint density at radius 1 is 1.32 bits per heavy atom. The topological polar surface area (TPSA) is 46.6 Å². The van der Waals surface area contributed by atoms with E-state index in [1.54, 1.807) is 11.8 Å². The van der Waals surface area contributed by atoms with Gasteiger partial charge in [-0.3, -0.25) is 4.79 Å². The van der Waals surface area contributed by atoms with E-state index in [1.807, 2.05) is 30.3 Å². The lowest BCUT2D eigenvalue weighted by molar-refractivity contribution is -0.109. The molecule has 5 heteroatoms. The molecule has 1 heterocycles. The molecule has 1 aliphatic heterocycles. The summed E-state index contributed by atoms with van der Waals surface area (Å²) < 4.78 is 5.22. The molecule has 0 unspecified atom stereocenters. The molecule has 1 amide bonds. The maximum absolute atomic E-state index is 11.7. The Morgan fingerprint density at radius 2 is 2.00 bits per heavy atom. The lowest BCUT2D eigenvalue weighted by Crippen LogP contribution is -2.51. The fourth-order valence-corrected chi connectivity index (χ4v) is 2.55. The number of likely N-dealkylation sites (tertiary alicyclic amines) is 1. The van der Waals surface area contributed by atoms with Crippen LogP contribution in [0.3, 0.4) is 0 Å². The first kappa shape index (κ1) is 13.9. The van der Waals surface area contributed by atoms with Crippen molar-refractivity contribution in [3.63, 3.8) is 0 Å². The summed E-state index contributed by atoms with van der Waals surface area (Å²) in [4.78, 5) is 24.2. The number of carbonyl (C=O) groups excluding carboxylic acids is 2. The molecule has 1 aromatic rings. The van der Waals surface area contributed by atoms with Crippen molar-refractivity contribution in [2.24, 2.45) is 5.92 Å². The summed E-state index contributed by atoms with van der Waals surface area (Å²) in [5.74, 6) is 1.20. The molecule has 19 heavy (non-hydrogen) atoms. The average molecular weight is 279 g/mol. The van der Waals surface area contributed by atoms with Crippen molar-refractivity contribution in [1.82, 2.24) is 4.90 Å². The van der Waals surface area contributed by atoms with E-state index in [1.165, 1.54) is 11.8 Å². The van der Waals surface area contributed by atoms with Crippen molar-refractivity contribution < 1.29 is 14.3 Å². The summed E-state index contributed by atoms with van der Waals surface area (Å²) in [6.07, 6.45) is -0.270. The van der Waals surface area contributed by atoms with E-state index in [0.29, 0.717) is 25.6 Å². The average Bonchev–Trinajstić information content (AvgIpc) is 2.35. The van der Waals surface area contributed by atoms with Gasteiger partial charge in [-0.25, -0.2) is 4.79 Å². The number of carbonyl (C=O) groups is 2. The highest BCUT2D eigenvalue weighted by Gasteiger charge is 2.31. The van der Waals surface area contributed by atoms with Crippen LogP contribution in [-0.2, 0) is 16.1 Å². The van der Waals surface area contributed by atoms with Gasteiger partial charge in [-0.2, -0.15) is 0 Å². The zero-order valence-corrected chi connectivity index (χ0v) is 11.7. The number of benzene rings is 1. The first-order chi connectivity index (χ1) is 9.15. The van der Waals surface area contributed by atoms with Gasteiger partial charge >= 0.3 is 6.09 Å². The van der Waals surface area contributed by atoms with Gasteiger partial charge in [0.1, 0.15) is 6.61 Å². The maximum Gasteiger partial charge on any atom is 0.410 e. The number of rotatable bonds is 4. The van der Waals surface area contributed by atoms with E-state index in [-0.39, 0.29) is 11.2 Å². The zero-order valence-electron chi connectivity index (χ0n) is 10.9. The Bertz CT molecular complexity index is 443. The summed E-state index contributed by atoms with van der Waals surface area (Å²) in [5, 5.41) is 0.130. The highest BCUT2D eigenvalue weighted by molar-refractivity contribution is 8.13. The Balaban J connectivity index is 1.65. The van der Waals surface area contributed by atoms with E-state index in [9.17, 15) is 9.59 Å². The highest BCUT2D eigenvalue weighted by atomic mass is 32.2. The van der Waals surface area contributed by atoms with Gasteiger partial charge in [0.25, 0.3) is 0 Å². The van der Waals surface area contributed by atoms with E-state index in [2.05, 4.69) is 0 Å². The molecule has 0 aliphatic carbocycles. The van der Waals surface area contributed by atoms with Crippen LogP contribution in [0.4, 0.5) is 4.79 Å². The van der Waals surface area contributed by atoms with Crippen LogP contribution in [0.2, 0.25) is 0 Å². The van der Waals surface area contributed by atoms with Gasteiger partial charge < -0.3 is 9.64 Å². The SMILES string of the molecule is CC(=O)SCC1CN(C(=O)OCc2ccccc2)C1. The minimum Gasteiger partial charge on any atom is -0.445 e. The fourth-order valence-electron chi connectivity index (χ4n) is 1.87. The normalized spacial score (nSPS) is 14.9. The minimum atomic E-state index is -0.270. The molecule has 1 saturated heterocycles. The van der Waals surface area contributed by atoms with Gasteiger partial charge in [0, 0.05) is 31.7 Å². The minimum absolute atomic E-state index is 0.130. The molecule has 0 N–H and O–H groups in total. The summed E-state index contributed by atoms with van der Waals surface area (Å²) in [5.41, 5.74) is 0.986. The van der Waals surface area contributed by atoms with E-state index < -0.39 is 0 Å². The molecule has 0 saturated carbocycles. The van der Waals surface area contributed by atoms with Crippen molar-refractivity contribution in [1.29, 1.82) is 0 Å². The van der Waals surface area contributed by atoms with Crippen LogP contribution in [0.25, 0.3) is 0 Å². The van der Waals surface area contributed by atoms with Gasteiger partial charge in [-0.05, 0) is 5.56 Å². The molecule has 0 radical (unpaired) electrons. The molecular formula is C14H17NO3S. The van der Waals surface area contributed by atoms with Crippen LogP contribution in [0.5, 0.6) is 0 Å². The van der Waals surface area contributed by atoms with Crippen molar-refractivity contribution >= 4 is 23.0 Å². The van der Waals surface area contributed by atoms with Crippen LogP contribution in [0.1, 0.15) is 12.5 Å². The van der Waals surface area contributed by atoms with E-state index in [0.717, 1.165) is 11.3 Å². The Kier molecular flexibility index (Phi) is 4.85. The molecule has 0 atom stereocenters. The van der Waals surface area contributed by atoms with Crippen molar-refractivity contribution in [3.8, 4) is 0 Å². The van der Waals surface area contributed by atoms with Crippen LogP contribution < -0.4 is 0 Å². The summed E-state index contributed by atoms with van der Waals surface area (Å²) >= 11 is 1.32. The molecule has 1 aliphatic rings. The van der Waals surface area contributed by atoms with Crippen molar-refractivity contribution in [3.05, 3.63) is 35.9 Å². The first-order valence-electron chi connectivity index (χ1n) is 6.24. The first-order valence-corrected chi connectivity index (χ1v) is 7.22. The molecule has 0 bridgehead atoms. The standard InChI is InChI=1S/C14H17NO3S/c1-11(16)19-10-13-7-15(8-13)14(17)18-9-12-5-3-2-4-6-12/h2-6,13H,7-10H2,1H3. The van der Waals surface area contributed by atoms with Crippen LogP contribution in [0.15, 0.2) is 30.3 Å². The number of ether oxygens (including phenoxy) is 1. The molecule has 1 aromatic carbocycles. The number of amides is 1. The Labute approximate surface area is 117 Å². The monoisotopic (exact) mass is 279 g/mol. The quantitative estimate of drug-likeness (QED) is 0.849. The summed E-state index contributed by atoms with van der Waals surface area (Å²) in [6, 6.07) is 9.62. The molecular weight excluding hydrogens is 262 g/mol. The smallest absolute Gasteiger partial charge is 0.410 e. The number of nitrogens with zero attached hydrogens (tertiary/aromatic N) is 1. The summed E-state index contributed by atoms with van der Waals surface area (Å²) in [6.45, 7) is 3.25. The zero-order chi connectivity index (χ0) is 13.7. The largest absolute Gasteiger partial charge is 0.445 e. The third-order valence-corrected chi connectivity index (χ3v) is 3.99. The number of hydrogen-bond acceptors (Lipinski definition) is 4. The van der Waals surface area contributed by atoms with Crippen LogP contribution in [-0.4, -0.2) is 35.0 Å². The second-order valence-corrected chi connectivity index (χ2v) is 5.81.